The van der Waals surface area contributed by atoms with Crippen LogP contribution in [0.4, 0.5) is 11.4 Å². The number of thiazole rings is 1. The molecule has 1 aromatic carbocycles. The first-order chi connectivity index (χ1) is 14.5. The quantitative estimate of drug-likeness (QED) is 0.582. The van der Waals surface area contributed by atoms with Crippen LogP contribution in [0, 0.1) is 6.92 Å². The molecule has 30 heavy (non-hydrogen) atoms. The van der Waals surface area contributed by atoms with E-state index in [0.717, 1.165) is 17.0 Å². The highest BCUT2D eigenvalue weighted by Gasteiger charge is 2.24. The zero-order chi connectivity index (χ0) is 21.1. The normalized spacial score (nSPS) is 13.5. The highest BCUT2D eigenvalue weighted by Crippen LogP contribution is 2.31. The van der Waals surface area contributed by atoms with Crippen molar-refractivity contribution in [3.63, 3.8) is 0 Å². The number of carbonyl (C=O) groups excluding carboxylic acids is 3. The number of anilines is 2. The van der Waals surface area contributed by atoms with Crippen LogP contribution in [0.15, 0.2) is 41.1 Å². The van der Waals surface area contributed by atoms with Crippen molar-refractivity contribution in [2.75, 3.05) is 23.4 Å². The number of aromatic nitrogens is 1. The van der Waals surface area contributed by atoms with Crippen molar-refractivity contribution >= 4 is 51.8 Å². The van der Waals surface area contributed by atoms with Crippen molar-refractivity contribution in [2.45, 2.75) is 19.8 Å². The van der Waals surface area contributed by atoms with Gasteiger partial charge in [-0.15, -0.1) is 11.3 Å². The highest BCUT2D eigenvalue weighted by molar-refractivity contribution is 7.17. The van der Waals surface area contributed by atoms with Gasteiger partial charge in [-0.3, -0.25) is 9.59 Å². The van der Waals surface area contributed by atoms with Gasteiger partial charge in [-0.2, -0.15) is 11.3 Å². The maximum atomic E-state index is 12.4. The summed E-state index contributed by atoms with van der Waals surface area (Å²) in [6.07, 6.45) is 1.29. The molecule has 3 aromatic rings. The average molecular weight is 442 g/mol. The summed E-state index contributed by atoms with van der Waals surface area (Å²) < 4.78 is 5.20. The Morgan fingerprint density at radius 3 is 2.83 bits per heavy atom. The van der Waals surface area contributed by atoms with Gasteiger partial charge in [0, 0.05) is 23.9 Å². The van der Waals surface area contributed by atoms with Crippen LogP contribution in [0.3, 0.4) is 0 Å². The summed E-state index contributed by atoms with van der Waals surface area (Å²) in [4.78, 5) is 43.3. The van der Waals surface area contributed by atoms with Gasteiger partial charge in [-0.25, -0.2) is 9.78 Å². The summed E-state index contributed by atoms with van der Waals surface area (Å²) in [5, 5.41) is 7.39. The fourth-order valence-electron chi connectivity index (χ4n) is 3.20. The molecule has 3 heterocycles. The Balaban J connectivity index is 1.39. The number of nitrogens with zero attached hydrogens (tertiary/aromatic N) is 2. The van der Waals surface area contributed by atoms with E-state index < -0.39 is 18.5 Å². The van der Waals surface area contributed by atoms with E-state index in [4.69, 9.17) is 4.74 Å². The first kappa shape index (κ1) is 20.2. The Hall–Kier alpha value is -3.04. The Bertz CT molecular complexity index is 1090. The molecule has 1 N–H and O–H groups in total. The van der Waals surface area contributed by atoms with E-state index in [0.29, 0.717) is 34.9 Å². The molecule has 0 saturated carbocycles. The first-order valence-electron chi connectivity index (χ1n) is 9.39. The average Bonchev–Trinajstić information content (AvgIpc) is 3.48. The van der Waals surface area contributed by atoms with Crippen LogP contribution in [-0.2, 0) is 14.3 Å². The standard InChI is InChI=1S/C21H19N3O4S2/c1-13-19(30-20(22-13)14-8-10-29-12-14)21(27)28-11-17(25)23-15-5-2-3-6-16(15)24-9-4-7-18(24)26/h2-3,5-6,8,10,12H,4,7,9,11H2,1H3,(H,23,25). The van der Waals surface area contributed by atoms with E-state index in [1.165, 1.54) is 11.3 Å². The second kappa shape index (κ2) is 8.76. The zero-order valence-corrected chi connectivity index (χ0v) is 17.8. The molecule has 7 nitrogen and oxygen atoms in total. The number of hydrogen-bond donors (Lipinski definition) is 1. The molecule has 0 unspecified atom stereocenters. The molecule has 0 bridgehead atoms. The van der Waals surface area contributed by atoms with Crippen molar-refractivity contribution in [3.8, 4) is 10.6 Å². The summed E-state index contributed by atoms with van der Waals surface area (Å²) in [5.41, 5.74) is 2.70. The minimum atomic E-state index is -0.579. The van der Waals surface area contributed by atoms with Gasteiger partial charge in [0.25, 0.3) is 5.91 Å². The third-order valence-corrected chi connectivity index (χ3v) is 6.50. The topological polar surface area (TPSA) is 88.6 Å². The van der Waals surface area contributed by atoms with E-state index in [1.54, 1.807) is 41.4 Å². The molecule has 1 fully saturated rings. The van der Waals surface area contributed by atoms with Crippen molar-refractivity contribution in [1.29, 1.82) is 0 Å². The lowest BCUT2D eigenvalue weighted by molar-refractivity contribution is -0.119. The predicted octanol–water partition coefficient (Wildman–Crippen LogP) is 4.10. The third-order valence-electron chi connectivity index (χ3n) is 4.63. The van der Waals surface area contributed by atoms with Gasteiger partial charge in [0.1, 0.15) is 9.88 Å². The Morgan fingerprint density at radius 2 is 2.10 bits per heavy atom. The number of esters is 1. The summed E-state index contributed by atoms with van der Waals surface area (Å²) in [6.45, 7) is 1.94. The Morgan fingerprint density at radius 1 is 1.27 bits per heavy atom. The molecule has 2 amide bonds. The van der Waals surface area contributed by atoms with E-state index in [-0.39, 0.29) is 5.91 Å². The highest BCUT2D eigenvalue weighted by atomic mass is 32.1. The molecule has 154 valence electrons. The van der Waals surface area contributed by atoms with Gasteiger partial charge >= 0.3 is 5.97 Å². The molecule has 0 aliphatic carbocycles. The number of carbonyl (C=O) groups is 3. The van der Waals surface area contributed by atoms with Crippen LogP contribution in [0.5, 0.6) is 0 Å². The van der Waals surface area contributed by atoms with Gasteiger partial charge in [0.2, 0.25) is 5.91 Å². The van der Waals surface area contributed by atoms with Gasteiger partial charge in [-0.05, 0) is 36.9 Å². The van der Waals surface area contributed by atoms with Gasteiger partial charge < -0.3 is 15.0 Å². The molecule has 9 heteroatoms. The summed E-state index contributed by atoms with van der Waals surface area (Å²) in [6, 6.07) is 9.04. The number of thiophene rings is 1. The van der Waals surface area contributed by atoms with Crippen LogP contribution in [-0.4, -0.2) is 35.9 Å². The molecular weight excluding hydrogens is 422 g/mol. The van der Waals surface area contributed by atoms with E-state index >= 15 is 0 Å². The maximum absolute atomic E-state index is 12.4. The fourth-order valence-corrected chi connectivity index (χ4v) is 4.87. The van der Waals surface area contributed by atoms with E-state index in [9.17, 15) is 14.4 Å². The third kappa shape index (κ3) is 4.27. The lowest BCUT2D eigenvalue weighted by atomic mass is 10.2. The van der Waals surface area contributed by atoms with Crippen molar-refractivity contribution < 1.29 is 19.1 Å². The molecule has 1 saturated heterocycles. The molecule has 0 radical (unpaired) electrons. The minimum absolute atomic E-state index is 0.0326. The number of rotatable bonds is 6. The molecule has 0 spiro atoms. The first-order valence-corrected chi connectivity index (χ1v) is 11.1. The second-order valence-electron chi connectivity index (χ2n) is 6.74. The second-order valence-corrected chi connectivity index (χ2v) is 8.52. The Kier molecular flexibility index (Phi) is 5.91. The predicted molar refractivity (Wildman–Crippen MR) is 117 cm³/mol. The zero-order valence-electron chi connectivity index (χ0n) is 16.2. The fraction of sp³-hybridized carbons (Fsp3) is 0.238. The van der Waals surface area contributed by atoms with Crippen molar-refractivity contribution in [3.05, 3.63) is 51.7 Å². The lowest BCUT2D eigenvalue weighted by Gasteiger charge is -2.19. The molecule has 1 aliphatic heterocycles. The van der Waals surface area contributed by atoms with Crippen molar-refractivity contribution in [1.82, 2.24) is 4.98 Å². The number of nitrogens with one attached hydrogen (secondary N) is 1. The van der Waals surface area contributed by atoms with Crippen LogP contribution >= 0.6 is 22.7 Å². The number of hydrogen-bond acceptors (Lipinski definition) is 7. The van der Waals surface area contributed by atoms with Gasteiger partial charge in [-0.1, -0.05) is 12.1 Å². The summed E-state index contributed by atoms with van der Waals surface area (Å²) in [5.74, 6) is -1.02. The van der Waals surface area contributed by atoms with Crippen molar-refractivity contribution in [2.24, 2.45) is 0 Å². The van der Waals surface area contributed by atoms with Gasteiger partial charge in [0.15, 0.2) is 6.61 Å². The molecular formula is C21H19N3O4S2. The van der Waals surface area contributed by atoms with Crippen LogP contribution < -0.4 is 10.2 Å². The summed E-state index contributed by atoms with van der Waals surface area (Å²) in [7, 11) is 0. The Labute approximate surface area is 181 Å². The molecule has 4 rings (SSSR count). The molecule has 0 atom stereocenters. The number of aryl methyl sites for hydroxylation is 1. The number of ether oxygens (including phenoxy) is 1. The smallest absolute Gasteiger partial charge is 0.350 e. The largest absolute Gasteiger partial charge is 0.451 e. The van der Waals surface area contributed by atoms with Gasteiger partial charge in [0.05, 0.1) is 17.1 Å². The van der Waals surface area contributed by atoms with E-state index in [1.807, 2.05) is 22.9 Å². The minimum Gasteiger partial charge on any atom is -0.451 e. The van der Waals surface area contributed by atoms with Crippen LogP contribution in [0.25, 0.3) is 10.6 Å². The lowest BCUT2D eigenvalue weighted by Crippen LogP contribution is -2.27. The molecule has 1 aliphatic rings. The maximum Gasteiger partial charge on any atom is 0.350 e. The summed E-state index contributed by atoms with van der Waals surface area (Å²) >= 11 is 2.80. The number of amides is 2. The number of para-hydroxylation sites is 2. The monoisotopic (exact) mass is 441 g/mol. The van der Waals surface area contributed by atoms with E-state index in [2.05, 4.69) is 10.3 Å². The molecule has 2 aromatic heterocycles. The number of benzene rings is 1. The van der Waals surface area contributed by atoms with Crippen LogP contribution in [0.2, 0.25) is 0 Å². The van der Waals surface area contributed by atoms with Crippen LogP contribution in [0.1, 0.15) is 28.2 Å². The SMILES string of the molecule is Cc1nc(-c2ccsc2)sc1C(=O)OCC(=O)Nc1ccccc1N1CCCC1=O.